The summed E-state index contributed by atoms with van der Waals surface area (Å²) < 4.78 is 11.2. The van der Waals surface area contributed by atoms with E-state index < -0.39 is 0 Å². The number of methoxy groups -OCH3 is 1. The number of rotatable bonds is 8. The van der Waals surface area contributed by atoms with E-state index in [2.05, 4.69) is 22.2 Å². The molecule has 0 radical (unpaired) electrons. The van der Waals surface area contributed by atoms with Crippen LogP contribution in [0.4, 0.5) is 0 Å². The molecular weight excluding hydrogens is 441 g/mol. The fourth-order valence-electron chi connectivity index (χ4n) is 2.17. The molecule has 2 rings (SSSR count). The molecule has 2 N–H and O–H groups in total. The first-order valence-electron chi connectivity index (χ1n) is 8.29. The van der Waals surface area contributed by atoms with E-state index in [1.54, 1.807) is 13.2 Å². The van der Waals surface area contributed by atoms with Crippen molar-refractivity contribution in [2.75, 3.05) is 20.2 Å². The van der Waals surface area contributed by atoms with Crippen molar-refractivity contribution in [2.24, 2.45) is 4.99 Å². The Morgan fingerprint density at radius 1 is 1.08 bits per heavy atom. The van der Waals surface area contributed by atoms with Gasteiger partial charge in [-0.15, -0.1) is 30.6 Å². The number of nitrogens with zero attached hydrogens (tertiary/aromatic N) is 1. The lowest BCUT2D eigenvalue weighted by Gasteiger charge is -2.11. The van der Waals surface area contributed by atoms with Gasteiger partial charge in [0.1, 0.15) is 5.75 Å². The molecule has 5 nitrogen and oxygen atoms in total. The van der Waals surface area contributed by atoms with Crippen LogP contribution in [-0.4, -0.2) is 26.2 Å². The number of benzene rings is 2. The molecule has 0 aliphatic heterocycles. The van der Waals surface area contributed by atoms with E-state index in [1.807, 2.05) is 55.5 Å². The second-order valence-electron chi connectivity index (χ2n) is 5.26. The predicted octanol–water partition coefficient (Wildman–Crippen LogP) is 4.35. The number of guanidine groups is 1. The van der Waals surface area contributed by atoms with Crippen molar-refractivity contribution in [2.45, 2.75) is 13.5 Å². The number of ether oxygens (including phenoxy) is 2. The fraction of sp³-hybridized carbons (Fsp3) is 0.250. The highest BCUT2D eigenvalue weighted by atomic mass is 127. The first-order valence-corrected chi connectivity index (χ1v) is 8.29. The molecule has 0 saturated carbocycles. The molecule has 0 unspecified atom stereocenters. The number of hydrogen-bond donors (Lipinski definition) is 2. The van der Waals surface area contributed by atoms with Crippen LogP contribution in [0.5, 0.6) is 17.2 Å². The average Bonchev–Trinajstić information content (AvgIpc) is 2.65. The summed E-state index contributed by atoms with van der Waals surface area (Å²) in [6.07, 6.45) is 1.80. The molecule has 0 saturated heterocycles. The van der Waals surface area contributed by atoms with E-state index in [0.29, 0.717) is 24.6 Å². The van der Waals surface area contributed by atoms with Crippen molar-refractivity contribution in [3.05, 3.63) is 66.7 Å². The third kappa shape index (κ3) is 6.95. The van der Waals surface area contributed by atoms with Crippen LogP contribution >= 0.6 is 24.0 Å². The zero-order valence-corrected chi connectivity index (χ0v) is 17.5. The SMILES string of the molecule is C=CCNC(=NCc1ccc(Oc2ccccc2OC)cc1)NCC.I. The fourth-order valence-corrected chi connectivity index (χ4v) is 2.17. The van der Waals surface area contributed by atoms with Crippen LogP contribution in [-0.2, 0) is 6.54 Å². The Bertz CT molecular complexity index is 702. The van der Waals surface area contributed by atoms with E-state index >= 15 is 0 Å². The maximum atomic E-state index is 5.88. The molecule has 0 spiro atoms. The van der Waals surface area contributed by atoms with Gasteiger partial charge in [0, 0.05) is 13.1 Å². The number of hydrogen-bond acceptors (Lipinski definition) is 3. The van der Waals surface area contributed by atoms with E-state index in [0.717, 1.165) is 23.8 Å². The van der Waals surface area contributed by atoms with Crippen LogP contribution in [0.25, 0.3) is 0 Å². The van der Waals surface area contributed by atoms with Gasteiger partial charge in [-0.25, -0.2) is 4.99 Å². The van der Waals surface area contributed by atoms with Gasteiger partial charge >= 0.3 is 0 Å². The highest BCUT2D eigenvalue weighted by Crippen LogP contribution is 2.30. The van der Waals surface area contributed by atoms with E-state index in [1.165, 1.54) is 0 Å². The Morgan fingerprint density at radius 3 is 2.38 bits per heavy atom. The minimum Gasteiger partial charge on any atom is -0.493 e. The molecule has 26 heavy (non-hydrogen) atoms. The molecule has 0 aliphatic carbocycles. The van der Waals surface area contributed by atoms with E-state index in [4.69, 9.17) is 9.47 Å². The Labute approximate surface area is 172 Å². The summed E-state index contributed by atoms with van der Waals surface area (Å²) in [6, 6.07) is 15.5. The monoisotopic (exact) mass is 467 g/mol. The lowest BCUT2D eigenvalue weighted by atomic mass is 10.2. The van der Waals surface area contributed by atoms with Gasteiger partial charge in [0.2, 0.25) is 0 Å². The average molecular weight is 467 g/mol. The summed E-state index contributed by atoms with van der Waals surface area (Å²) in [5.41, 5.74) is 1.10. The Morgan fingerprint density at radius 2 is 1.77 bits per heavy atom. The largest absolute Gasteiger partial charge is 0.493 e. The highest BCUT2D eigenvalue weighted by Gasteiger charge is 2.04. The van der Waals surface area contributed by atoms with Crippen LogP contribution in [0.3, 0.4) is 0 Å². The summed E-state index contributed by atoms with van der Waals surface area (Å²) in [4.78, 5) is 4.55. The molecular formula is C20H26IN3O2. The Balaban J connectivity index is 0.00000338. The van der Waals surface area contributed by atoms with Gasteiger partial charge in [0.05, 0.1) is 13.7 Å². The van der Waals surface area contributed by atoms with Gasteiger partial charge in [-0.3, -0.25) is 0 Å². The molecule has 2 aromatic carbocycles. The molecule has 0 amide bonds. The highest BCUT2D eigenvalue weighted by molar-refractivity contribution is 14.0. The quantitative estimate of drug-likeness (QED) is 0.263. The van der Waals surface area contributed by atoms with Gasteiger partial charge in [-0.1, -0.05) is 30.3 Å². The number of aliphatic imine (C=N–C) groups is 1. The molecule has 140 valence electrons. The van der Waals surface area contributed by atoms with Gasteiger partial charge in [0.15, 0.2) is 17.5 Å². The van der Waals surface area contributed by atoms with E-state index in [9.17, 15) is 0 Å². The summed E-state index contributed by atoms with van der Waals surface area (Å²) in [6.45, 7) is 7.81. The van der Waals surface area contributed by atoms with Crippen LogP contribution in [0.15, 0.2) is 66.2 Å². The van der Waals surface area contributed by atoms with Gasteiger partial charge in [-0.2, -0.15) is 0 Å². The van der Waals surface area contributed by atoms with E-state index in [-0.39, 0.29) is 24.0 Å². The molecule has 0 bridgehead atoms. The van der Waals surface area contributed by atoms with Crippen LogP contribution < -0.4 is 20.1 Å². The van der Waals surface area contributed by atoms with Crippen molar-refractivity contribution in [1.82, 2.24) is 10.6 Å². The Kier molecular flexibility index (Phi) is 10.2. The standard InChI is InChI=1S/C20H25N3O2.HI/c1-4-14-22-20(21-5-2)23-15-16-10-12-17(13-11-16)25-19-9-7-6-8-18(19)24-3;/h4,6-13H,1,5,14-15H2,2-3H3,(H2,21,22,23);1H. The van der Waals surface area contributed by atoms with Crippen molar-refractivity contribution in [3.8, 4) is 17.2 Å². The minimum absolute atomic E-state index is 0. The van der Waals surface area contributed by atoms with Crippen molar-refractivity contribution in [1.29, 1.82) is 0 Å². The second-order valence-corrected chi connectivity index (χ2v) is 5.26. The predicted molar refractivity (Wildman–Crippen MR) is 118 cm³/mol. The molecule has 2 aromatic rings. The summed E-state index contributed by atoms with van der Waals surface area (Å²) >= 11 is 0. The van der Waals surface area contributed by atoms with Gasteiger partial charge in [-0.05, 0) is 36.8 Å². The Hall–Kier alpha value is -2.22. The third-order valence-electron chi connectivity index (χ3n) is 3.40. The third-order valence-corrected chi connectivity index (χ3v) is 3.40. The number of para-hydroxylation sites is 2. The molecule has 0 heterocycles. The van der Waals surface area contributed by atoms with Crippen molar-refractivity contribution < 1.29 is 9.47 Å². The first kappa shape index (κ1) is 21.8. The topological polar surface area (TPSA) is 54.9 Å². The van der Waals surface area contributed by atoms with Gasteiger partial charge < -0.3 is 20.1 Å². The minimum atomic E-state index is 0. The zero-order chi connectivity index (χ0) is 17.9. The summed E-state index contributed by atoms with van der Waals surface area (Å²) in [5.74, 6) is 2.93. The van der Waals surface area contributed by atoms with Crippen LogP contribution in [0.2, 0.25) is 0 Å². The molecule has 0 fully saturated rings. The van der Waals surface area contributed by atoms with Gasteiger partial charge in [0.25, 0.3) is 0 Å². The molecule has 0 aliphatic rings. The maximum Gasteiger partial charge on any atom is 0.191 e. The summed E-state index contributed by atoms with van der Waals surface area (Å²) in [7, 11) is 1.63. The smallest absolute Gasteiger partial charge is 0.191 e. The first-order chi connectivity index (χ1) is 12.3. The number of halogens is 1. The van der Waals surface area contributed by atoms with Crippen molar-refractivity contribution >= 4 is 29.9 Å². The maximum absolute atomic E-state index is 5.88. The normalized spacial score (nSPS) is 10.5. The van der Waals surface area contributed by atoms with Crippen molar-refractivity contribution in [3.63, 3.8) is 0 Å². The van der Waals surface area contributed by atoms with Crippen LogP contribution in [0.1, 0.15) is 12.5 Å². The second kappa shape index (κ2) is 12.2. The zero-order valence-electron chi connectivity index (χ0n) is 15.2. The van der Waals surface area contributed by atoms with Crippen LogP contribution in [0, 0.1) is 0 Å². The molecule has 0 atom stereocenters. The molecule has 0 aromatic heterocycles. The number of nitrogens with one attached hydrogen (secondary N) is 2. The molecule has 6 heteroatoms. The summed E-state index contributed by atoms with van der Waals surface area (Å²) in [5, 5.41) is 6.38. The lowest BCUT2D eigenvalue weighted by Crippen LogP contribution is -2.37. The lowest BCUT2D eigenvalue weighted by molar-refractivity contribution is 0.379.